The van der Waals surface area contributed by atoms with Gasteiger partial charge in [-0.1, -0.05) is 11.6 Å². The number of rotatable bonds is 4. The number of benzene rings is 1. The van der Waals surface area contributed by atoms with E-state index >= 15 is 0 Å². The van der Waals surface area contributed by atoms with Crippen LogP contribution < -0.4 is 10.5 Å². The highest BCUT2D eigenvalue weighted by Gasteiger charge is 2.40. The zero-order chi connectivity index (χ0) is 14.4. The van der Waals surface area contributed by atoms with Gasteiger partial charge in [-0.25, -0.2) is 13.1 Å². The smallest absolute Gasteiger partial charge is 0.241 e. The third kappa shape index (κ3) is 3.04. The summed E-state index contributed by atoms with van der Waals surface area (Å²) < 4.78 is 27.5. The molecule has 0 unspecified atom stereocenters. The average molecular weight is 303 g/mol. The first-order valence-electron chi connectivity index (χ1n) is 6.23. The van der Waals surface area contributed by atoms with E-state index in [-0.39, 0.29) is 10.6 Å². The molecule has 19 heavy (non-hydrogen) atoms. The van der Waals surface area contributed by atoms with Crippen molar-refractivity contribution in [3.63, 3.8) is 0 Å². The Kier molecular flexibility index (Phi) is 3.58. The number of nitrogens with two attached hydrogens (primary N) is 1. The Morgan fingerprint density at radius 1 is 1.37 bits per heavy atom. The molecule has 0 radical (unpaired) electrons. The van der Waals surface area contributed by atoms with Crippen LogP contribution in [0.25, 0.3) is 0 Å². The van der Waals surface area contributed by atoms with Crippen molar-refractivity contribution >= 4 is 27.3 Å². The van der Waals surface area contributed by atoms with E-state index in [9.17, 15) is 8.42 Å². The lowest BCUT2D eigenvalue weighted by Crippen LogP contribution is -2.45. The topological polar surface area (TPSA) is 72.2 Å². The maximum atomic E-state index is 12.4. The maximum absolute atomic E-state index is 12.4. The van der Waals surface area contributed by atoms with Gasteiger partial charge in [0.2, 0.25) is 10.0 Å². The number of sulfonamides is 1. The van der Waals surface area contributed by atoms with E-state index in [0.717, 1.165) is 12.8 Å². The lowest BCUT2D eigenvalue weighted by molar-refractivity contribution is 0.400. The van der Waals surface area contributed by atoms with Crippen LogP contribution in [0.15, 0.2) is 17.0 Å². The zero-order valence-electron chi connectivity index (χ0n) is 11.3. The molecule has 4 nitrogen and oxygen atoms in total. The molecule has 6 heteroatoms. The molecule has 1 fully saturated rings. The SMILES string of the molecule is Cc1cc(S(=O)(=O)NC(C)(C)C2CC2)cc(N)c1Cl. The molecule has 0 spiro atoms. The second-order valence-electron chi connectivity index (χ2n) is 5.74. The Bertz CT molecular complexity index is 584. The minimum absolute atomic E-state index is 0.167. The average Bonchev–Trinajstić information content (AvgIpc) is 3.07. The second-order valence-corrected chi connectivity index (χ2v) is 7.81. The van der Waals surface area contributed by atoms with Crippen LogP contribution in [-0.4, -0.2) is 14.0 Å². The minimum atomic E-state index is -3.57. The second kappa shape index (κ2) is 4.65. The molecule has 3 N–H and O–H groups in total. The maximum Gasteiger partial charge on any atom is 0.241 e. The van der Waals surface area contributed by atoms with Crippen molar-refractivity contribution in [1.29, 1.82) is 0 Å². The van der Waals surface area contributed by atoms with Crippen LogP contribution in [0.3, 0.4) is 0 Å². The zero-order valence-corrected chi connectivity index (χ0v) is 12.9. The molecule has 0 aliphatic heterocycles. The number of aryl methyl sites for hydroxylation is 1. The fourth-order valence-electron chi connectivity index (χ4n) is 2.21. The first-order chi connectivity index (χ1) is 8.63. The van der Waals surface area contributed by atoms with Crippen LogP contribution in [0.2, 0.25) is 5.02 Å². The molecule has 1 aliphatic rings. The molecule has 0 atom stereocenters. The van der Waals surface area contributed by atoms with Gasteiger partial charge in [-0.2, -0.15) is 0 Å². The van der Waals surface area contributed by atoms with Crippen molar-refractivity contribution in [2.75, 3.05) is 5.73 Å². The van der Waals surface area contributed by atoms with Gasteiger partial charge in [-0.05, 0) is 57.2 Å². The van der Waals surface area contributed by atoms with E-state index in [4.69, 9.17) is 17.3 Å². The van der Waals surface area contributed by atoms with Gasteiger partial charge in [0.05, 0.1) is 15.6 Å². The van der Waals surface area contributed by atoms with Gasteiger partial charge < -0.3 is 5.73 Å². The molecular formula is C13H19ClN2O2S. The van der Waals surface area contributed by atoms with Crippen molar-refractivity contribution in [2.24, 2.45) is 5.92 Å². The van der Waals surface area contributed by atoms with Crippen LogP contribution in [0.5, 0.6) is 0 Å². The lowest BCUT2D eigenvalue weighted by Gasteiger charge is -2.26. The Hall–Kier alpha value is -0.780. The number of hydrogen-bond donors (Lipinski definition) is 2. The Balaban J connectivity index is 2.34. The number of hydrogen-bond acceptors (Lipinski definition) is 3. The van der Waals surface area contributed by atoms with E-state index in [1.807, 2.05) is 13.8 Å². The number of nitrogen functional groups attached to an aromatic ring is 1. The third-order valence-electron chi connectivity index (χ3n) is 3.56. The summed E-state index contributed by atoms with van der Waals surface area (Å²) in [5.74, 6) is 0.410. The van der Waals surface area contributed by atoms with Crippen LogP contribution in [0.4, 0.5) is 5.69 Å². The molecule has 1 aromatic carbocycles. The highest BCUT2D eigenvalue weighted by atomic mass is 35.5. The van der Waals surface area contributed by atoms with E-state index < -0.39 is 15.6 Å². The first-order valence-corrected chi connectivity index (χ1v) is 8.09. The van der Waals surface area contributed by atoms with E-state index in [1.165, 1.54) is 6.07 Å². The predicted octanol–water partition coefficient (Wildman–Crippen LogP) is 2.70. The van der Waals surface area contributed by atoms with Crippen LogP contribution >= 0.6 is 11.6 Å². The summed E-state index contributed by atoms with van der Waals surface area (Å²) in [7, 11) is -3.57. The van der Waals surface area contributed by atoms with Gasteiger partial charge in [0.25, 0.3) is 0 Å². The van der Waals surface area contributed by atoms with E-state index in [0.29, 0.717) is 16.5 Å². The summed E-state index contributed by atoms with van der Waals surface area (Å²) in [6.07, 6.45) is 2.13. The fraction of sp³-hybridized carbons (Fsp3) is 0.538. The van der Waals surface area contributed by atoms with E-state index in [1.54, 1.807) is 13.0 Å². The normalized spacial score (nSPS) is 16.6. The summed E-state index contributed by atoms with van der Waals surface area (Å²) in [4.78, 5) is 0.167. The van der Waals surface area contributed by atoms with Crippen molar-refractivity contribution < 1.29 is 8.42 Å². The Labute approximate surface area is 119 Å². The molecule has 1 aliphatic carbocycles. The number of nitrogens with one attached hydrogen (secondary N) is 1. The summed E-state index contributed by atoms with van der Waals surface area (Å²) in [6.45, 7) is 5.56. The summed E-state index contributed by atoms with van der Waals surface area (Å²) in [6, 6.07) is 2.95. The van der Waals surface area contributed by atoms with Crippen molar-refractivity contribution in [3.8, 4) is 0 Å². The molecule has 0 aromatic heterocycles. The molecule has 0 heterocycles. The van der Waals surface area contributed by atoms with Gasteiger partial charge in [0, 0.05) is 5.54 Å². The van der Waals surface area contributed by atoms with Gasteiger partial charge in [-0.15, -0.1) is 0 Å². The van der Waals surface area contributed by atoms with Gasteiger partial charge in [-0.3, -0.25) is 0 Å². The Morgan fingerprint density at radius 2 is 1.95 bits per heavy atom. The largest absolute Gasteiger partial charge is 0.397 e. The molecule has 0 bridgehead atoms. The monoisotopic (exact) mass is 302 g/mol. The van der Waals surface area contributed by atoms with Crippen molar-refractivity contribution in [1.82, 2.24) is 4.72 Å². The standard InChI is InChI=1S/C13H19ClN2O2S/c1-8-6-10(7-11(15)12(8)14)19(17,18)16-13(2,3)9-4-5-9/h6-7,9,16H,4-5,15H2,1-3H3. The molecule has 1 saturated carbocycles. The lowest BCUT2D eigenvalue weighted by atomic mass is 10.0. The van der Waals surface area contributed by atoms with Crippen molar-refractivity contribution in [2.45, 2.75) is 44.0 Å². The van der Waals surface area contributed by atoms with Gasteiger partial charge >= 0.3 is 0 Å². The summed E-state index contributed by atoms with van der Waals surface area (Å²) in [5.41, 5.74) is 6.24. The van der Waals surface area contributed by atoms with Crippen LogP contribution in [-0.2, 0) is 10.0 Å². The fourth-order valence-corrected chi connectivity index (χ4v) is 3.91. The highest BCUT2D eigenvalue weighted by molar-refractivity contribution is 7.89. The first kappa shape index (κ1) is 14.6. The molecule has 106 valence electrons. The molecule has 0 amide bonds. The molecular weight excluding hydrogens is 284 g/mol. The van der Waals surface area contributed by atoms with Crippen LogP contribution in [0.1, 0.15) is 32.3 Å². The van der Waals surface area contributed by atoms with Gasteiger partial charge in [0.1, 0.15) is 0 Å². The third-order valence-corrected chi connectivity index (χ3v) is 5.73. The summed E-state index contributed by atoms with van der Waals surface area (Å²) >= 11 is 5.95. The Morgan fingerprint density at radius 3 is 2.42 bits per heavy atom. The summed E-state index contributed by atoms with van der Waals surface area (Å²) in [5, 5.41) is 0.403. The van der Waals surface area contributed by atoms with Crippen LogP contribution in [0, 0.1) is 12.8 Å². The number of anilines is 1. The quantitative estimate of drug-likeness (QED) is 0.840. The minimum Gasteiger partial charge on any atom is -0.397 e. The molecule has 0 saturated heterocycles. The molecule has 1 aromatic rings. The van der Waals surface area contributed by atoms with Gasteiger partial charge in [0.15, 0.2) is 0 Å². The highest BCUT2D eigenvalue weighted by Crippen LogP contribution is 2.40. The van der Waals surface area contributed by atoms with E-state index in [2.05, 4.69) is 4.72 Å². The van der Waals surface area contributed by atoms with Crippen molar-refractivity contribution in [3.05, 3.63) is 22.7 Å². The number of halogens is 1. The molecule has 2 rings (SSSR count). The predicted molar refractivity (Wildman–Crippen MR) is 77.7 cm³/mol.